The SMILES string of the molecule is Cn1cc(NC(=O)C2(C)CC2(Cl)Cl)ccc1=O. The third kappa shape index (κ3) is 2.07. The van der Waals surface area contributed by atoms with Crippen molar-refractivity contribution in [2.75, 3.05) is 5.32 Å². The molecule has 1 atom stereocenters. The van der Waals surface area contributed by atoms with Crippen molar-refractivity contribution in [3.63, 3.8) is 0 Å². The number of anilines is 1. The van der Waals surface area contributed by atoms with E-state index in [2.05, 4.69) is 5.32 Å². The second-order valence-corrected chi connectivity index (χ2v) is 6.02. The number of halogens is 2. The number of rotatable bonds is 2. The summed E-state index contributed by atoms with van der Waals surface area (Å²) >= 11 is 11.8. The van der Waals surface area contributed by atoms with Gasteiger partial charge in [-0.3, -0.25) is 9.59 Å². The molecule has 1 aliphatic carbocycles. The van der Waals surface area contributed by atoms with Crippen LogP contribution in [0.5, 0.6) is 0 Å². The van der Waals surface area contributed by atoms with E-state index < -0.39 is 9.75 Å². The Morgan fingerprint density at radius 2 is 2.06 bits per heavy atom. The van der Waals surface area contributed by atoms with Crippen LogP contribution in [0.1, 0.15) is 13.3 Å². The largest absolute Gasteiger partial charge is 0.324 e. The van der Waals surface area contributed by atoms with E-state index in [1.54, 1.807) is 26.2 Å². The van der Waals surface area contributed by atoms with Gasteiger partial charge in [0.1, 0.15) is 4.33 Å². The quantitative estimate of drug-likeness (QED) is 0.838. The molecule has 1 heterocycles. The molecule has 1 fully saturated rings. The Kier molecular flexibility index (Phi) is 2.75. The molecule has 1 N–H and O–H groups in total. The van der Waals surface area contributed by atoms with Crippen molar-refractivity contribution in [1.29, 1.82) is 0 Å². The summed E-state index contributed by atoms with van der Waals surface area (Å²) in [6.45, 7) is 1.71. The Morgan fingerprint density at radius 3 is 2.53 bits per heavy atom. The molecule has 1 unspecified atom stereocenters. The van der Waals surface area contributed by atoms with Gasteiger partial charge in [0.2, 0.25) is 11.5 Å². The fourth-order valence-electron chi connectivity index (χ4n) is 1.58. The molecule has 17 heavy (non-hydrogen) atoms. The minimum Gasteiger partial charge on any atom is -0.324 e. The van der Waals surface area contributed by atoms with E-state index in [-0.39, 0.29) is 11.5 Å². The van der Waals surface area contributed by atoms with Crippen LogP contribution in [0.25, 0.3) is 0 Å². The Balaban J connectivity index is 2.15. The Hall–Kier alpha value is -1.00. The third-order valence-electron chi connectivity index (χ3n) is 3.10. The summed E-state index contributed by atoms with van der Waals surface area (Å²) in [5.74, 6) is -0.235. The van der Waals surface area contributed by atoms with Gasteiger partial charge in [0, 0.05) is 19.3 Å². The first-order valence-corrected chi connectivity index (χ1v) is 5.88. The minimum atomic E-state index is -0.988. The molecule has 2 rings (SSSR count). The smallest absolute Gasteiger partial charge is 0.250 e. The molecule has 1 amide bonds. The number of alkyl halides is 2. The second kappa shape index (κ2) is 3.75. The van der Waals surface area contributed by atoms with Crippen molar-refractivity contribution < 1.29 is 4.79 Å². The number of nitrogens with zero attached hydrogens (tertiary/aromatic N) is 1. The van der Waals surface area contributed by atoms with Crippen LogP contribution in [0.4, 0.5) is 5.69 Å². The zero-order valence-corrected chi connectivity index (χ0v) is 11.0. The number of aryl methyl sites for hydroxylation is 1. The van der Waals surface area contributed by atoms with Crippen LogP contribution in [0.15, 0.2) is 23.1 Å². The topological polar surface area (TPSA) is 51.1 Å². The highest BCUT2D eigenvalue weighted by molar-refractivity contribution is 6.53. The fraction of sp³-hybridized carbons (Fsp3) is 0.455. The van der Waals surface area contributed by atoms with Crippen LogP contribution in [0, 0.1) is 5.41 Å². The number of hydrogen-bond donors (Lipinski definition) is 1. The second-order valence-electron chi connectivity index (χ2n) is 4.53. The molecule has 92 valence electrons. The van der Waals surface area contributed by atoms with Crippen molar-refractivity contribution in [2.45, 2.75) is 17.7 Å². The minimum absolute atomic E-state index is 0.135. The van der Waals surface area contributed by atoms with Crippen LogP contribution >= 0.6 is 23.2 Å². The first-order chi connectivity index (χ1) is 7.76. The Bertz CT molecular complexity index is 539. The maximum Gasteiger partial charge on any atom is 0.250 e. The molecule has 4 nitrogen and oxygen atoms in total. The number of nitrogens with one attached hydrogen (secondary N) is 1. The molecule has 0 aliphatic heterocycles. The van der Waals surface area contributed by atoms with E-state index in [4.69, 9.17) is 23.2 Å². The van der Waals surface area contributed by atoms with Crippen LogP contribution in [0.3, 0.4) is 0 Å². The first kappa shape index (κ1) is 12.5. The number of hydrogen-bond acceptors (Lipinski definition) is 2. The molecule has 0 saturated heterocycles. The summed E-state index contributed by atoms with van der Waals surface area (Å²) in [6, 6.07) is 2.94. The van der Waals surface area contributed by atoms with E-state index in [1.807, 2.05) is 0 Å². The van der Waals surface area contributed by atoms with Gasteiger partial charge >= 0.3 is 0 Å². The van der Waals surface area contributed by atoms with E-state index >= 15 is 0 Å². The summed E-state index contributed by atoms with van der Waals surface area (Å²) < 4.78 is 0.400. The highest BCUT2D eigenvalue weighted by atomic mass is 35.5. The van der Waals surface area contributed by atoms with Gasteiger partial charge in [0.15, 0.2) is 0 Å². The lowest BCUT2D eigenvalue weighted by atomic mass is 10.1. The monoisotopic (exact) mass is 274 g/mol. The third-order valence-corrected chi connectivity index (χ3v) is 4.20. The van der Waals surface area contributed by atoms with E-state index in [0.717, 1.165) is 0 Å². The molecular formula is C11H12Cl2N2O2. The molecule has 1 saturated carbocycles. The van der Waals surface area contributed by atoms with Crippen molar-refractivity contribution in [3.8, 4) is 0 Å². The number of amides is 1. The predicted octanol–water partition coefficient (Wildman–Crippen LogP) is 1.91. The van der Waals surface area contributed by atoms with Crippen molar-refractivity contribution in [2.24, 2.45) is 12.5 Å². The van der Waals surface area contributed by atoms with Gasteiger partial charge in [-0.15, -0.1) is 23.2 Å². The zero-order valence-electron chi connectivity index (χ0n) is 9.46. The van der Waals surface area contributed by atoms with Gasteiger partial charge in [-0.05, 0) is 19.4 Å². The summed E-state index contributed by atoms with van der Waals surface area (Å²) in [4.78, 5) is 23.1. The van der Waals surface area contributed by atoms with Crippen molar-refractivity contribution in [3.05, 3.63) is 28.7 Å². The number of aromatic nitrogens is 1. The molecule has 0 bridgehead atoms. The molecule has 0 spiro atoms. The number of carbonyl (C=O) groups is 1. The molecule has 0 radical (unpaired) electrons. The van der Waals surface area contributed by atoms with E-state index in [1.165, 1.54) is 10.6 Å². The predicted molar refractivity (Wildman–Crippen MR) is 67.5 cm³/mol. The van der Waals surface area contributed by atoms with Crippen LogP contribution in [-0.4, -0.2) is 14.8 Å². The van der Waals surface area contributed by atoms with Crippen LogP contribution in [-0.2, 0) is 11.8 Å². The molecule has 1 aromatic heterocycles. The maximum absolute atomic E-state index is 11.9. The van der Waals surface area contributed by atoms with Gasteiger partial charge in [-0.1, -0.05) is 0 Å². The van der Waals surface area contributed by atoms with Gasteiger partial charge in [-0.25, -0.2) is 0 Å². The van der Waals surface area contributed by atoms with Crippen molar-refractivity contribution >= 4 is 34.8 Å². The van der Waals surface area contributed by atoms with Gasteiger partial charge in [0.05, 0.1) is 11.1 Å². The summed E-state index contributed by atoms with van der Waals surface area (Å²) in [5, 5.41) is 2.70. The van der Waals surface area contributed by atoms with Gasteiger partial charge in [-0.2, -0.15) is 0 Å². The standard InChI is InChI=1S/C11H12Cl2N2O2/c1-10(6-11(10,12)13)9(17)14-7-3-4-8(16)15(2)5-7/h3-5H,6H2,1-2H3,(H,14,17). The Labute approximate surface area is 109 Å². The lowest BCUT2D eigenvalue weighted by molar-refractivity contribution is -0.120. The zero-order chi connectivity index (χ0) is 12.8. The van der Waals surface area contributed by atoms with Crippen LogP contribution < -0.4 is 10.9 Å². The normalized spacial score (nSPS) is 25.4. The fourth-order valence-corrected chi connectivity index (χ4v) is 2.29. The average Bonchev–Trinajstić information content (AvgIpc) is 2.74. The average molecular weight is 275 g/mol. The summed E-state index contributed by atoms with van der Waals surface area (Å²) in [6.07, 6.45) is 1.98. The highest BCUT2D eigenvalue weighted by Gasteiger charge is 2.67. The highest BCUT2D eigenvalue weighted by Crippen LogP contribution is 2.64. The lowest BCUT2D eigenvalue weighted by Crippen LogP contribution is -2.26. The van der Waals surface area contributed by atoms with Crippen LogP contribution in [0.2, 0.25) is 0 Å². The summed E-state index contributed by atoms with van der Waals surface area (Å²) in [5.41, 5.74) is -0.343. The van der Waals surface area contributed by atoms with E-state index in [0.29, 0.717) is 12.1 Å². The van der Waals surface area contributed by atoms with Gasteiger partial charge in [0.25, 0.3) is 0 Å². The lowest BCUT2D eigenvalue weighted by Gasteiger charge is -2.12. The van der Waals surface area contributed by atoms with E-state index in [9.17, 15) is 9.59 Å². The number of carbonyl (C=O) groups excluding carboxylic acids is 1. The number of pyridine rings is 1. The van der Waals surface area contributed by atoms with Crippen molar-refractivity contribution in [1.82, 2.24) is 4.57 Å². The molecular weight excluding hydrogens is 263 g/mol. The first-order valence-electron chi connectivity index (χ1n) is 5.12. The molecule has 0 aromatic carbocycles. The van der Waals surface area contributed by atoms with Gasteiger partial charge < -0.3 is 9.88 Å². The molecule has 1 aromatic rings. The molecule has 1 aliphatic rings. The molecule has 6 heteroatoms. The summed E-state index contributed by atoms with van der Waals surface area (Å²) in [7, 11) is 1.62. The maximum atomic E-state index is 11.9. The Morgan fingerprint density at radius 1 is 1.47 bits per heavy atom.